The van der Waals surface area contributed by atoms with E-state index in [1.54, 1.807) is 13.0 Å². The van der Waals surface area contributed by atoms with E-state index in [0.29, 0.717) is 5.76 Å². The van der Waals surface area contributed by atoms with Crippen molar-refractivity contribution in [2.75, 3.05) is 11.9 Å². The minimum Gasteiger partial charge on any atom is -0.360 e. The number of nitrogens with one attached hydrogen (secondary N) is 1. The maximum Gasteiger partial charge on any atom is 0.235 e. The van der Waals surface area contributed by atoms with Crippen molar-refractivity contribution in [2.45, 2.75) is 23.1 Å². The number of hydrogen-bond donors (Lipinski definition) is 1. The Morgan fingerprint density at radius 2 is 1.44 bits per heavy atom. The SMILES string of the molecule is Cc1cc(NC(=O)CCN2C(=O)[C@H]3[C@H](C2=O)C2(Cl)c4ccccc4C3(Cl)c3ccccc32)no1. The van der Waals surface area contributed by atoms with Gasteiger partial charge >= 0.3 is 0 Å². The van der Waals surface area contributed by atoms with Gasteiger partial charge in [0.1, 0.15) is 15.5 Å². The zero-order valence-electron chi connectivity index (χ0n) is 18.0. The highest BCUT2D eigenvalue weighted by molar-refractivity contribution is 6.36. The molecule has 0 spiro atoms. The number of likely N-dealkylation sites (tertiary alicyclic amines) is 1. The van der Waals surface area contributed by atoms with Gasteiger partial charge in [0.25, 0.3) is 0 Å². The number of aryl methyl sites for hydroxylation is 1. The van der Waals surface area contributed by atoms with E-state index in [-0.39, 0.29) is 24.7 Å². The summed E-state index contributed by atoms with van der Waals surface area (Å²) in [6, 6.07) is 16.5. The number of anilines is 1. The van der Waals surface area contributed by atoms with Crippen LogP contribution in [0.5, 0.6) is 0 Å². The highest BCUT2D eigenvalue weighted by Gasteiger charge is 2.72. The molecule has 2 aromatic carbocycles. The molecule has 3 aliphatic carbocycles. The Morgan fingerprint density at radius 1 is 0.971 bits per heavy atom. The Bertz CT molecular complexity index is 1260. The van der Waals surface area contributed by atoms with E-state index in [1.807, 2.05) is 48.5 Å². The Balaban J connectivity index is 1.37. The Morgan fingerprint density at radius 3 is 1.85 bits per heavy atom. The molecule has 0 unspecified atom stereocenters. The number of carbonyl (C=O) groups excluding carboxylic acids is 3. The first-order chi connectivity index (χ1) is 16.3. The first-order valence-electron chi connectivity index (χ1n) is 10.9. The van der Waals surface area contributed by atoms with E-state index in [1.165, 1.54) is 0 Å². The highest BCUT2D eigenvalue weighted by Crippen LogP contribution is 2.69. The fraction of sp³-hybridized carbons (Fsp3) is 0.280. The summed E-state index contributed by atoms with van der Waals surface area (Å²) in [6.07, 6.45) is -0.0900. The number of imide groups is 1. The van der Waals surface area contributed by atoms with Crippen molar-refractivity contribution >= 4 is 46.7 Å². The van der Waals surface area contributed by atoms with E-state index < -0.39 is 33.4 Å². The number of nitrogens with zero attached hydrogens (tertiary/aromatic N) is 2. The molecule has 0 radical (unpaired) electrons. The van der Waals surface area contributed by atoms with Crippen molar-refractivity contribution in [1.29, 1.82) is 0 Å². The quantitative estimate of drug-likeness (QED) is 0.437. The topological polar surface area (TPSA) is 92.5 Å². The van der Waals surface area contributed by atoms with Crippen molar-refractivity contribution < 1.29 is 18.9 Å². The molecular weight excluding hydrogens is 477 g/mol. The molecule has 7 rings (SSSR count). The lowest BCUT2D eigenvalue weighted by atomic mass is 9.54. The fourth-order valence-electron chi connectivity index (χ4n) is 5.79. The van der Waals surface area contributed by atoms with Crippen molar-refractivity contribution in [1.82, 2.24) is 10.1 Å². The number of amides is 3. The molecule has 2 bridgehead atoms. The summed E-state index contributed by atoms with van der Waals surface area (Å²) in [5, 5.41) is 6.33. The third-order valence-corrected chi connectivity index (χ3v) is 8.42. The highest BCUT2D eigenvalue weighted by atomic mass is 35.5. The fourth-order valence-corrected chi connectivity index (χ4v) is 6.89. The number of aromatic nitrogens is 1. The molecule has 172 valence electrons. The van der Waals surface area contributed by atoms with E-state index in [0.717, 1.165) is 27.2 Å². The second-order valence-corrected chi connectivity index (χ2v) is 10.1. The lowest BCUT2D eigenvalue weighted by Crippen LogP contribution is -2.57. The third kappa shape index (κ3) is 2.59. The molecule has 34 heavy (non-hydrogen) atoms. The number of benzene rings is 2. The lowest BCUT2D eigenvalue weighted by molar-refractivity contribution is -0.140. The minimum absolute atomic E-state index is 0.0834. The summed E-state index contributed by atoms with van der Waals surface area (Å²) in [4.78, 5) is 38.5. The molecule has 7 nitrogen and oxygen atoms in total. The van der Waals surface area contributed by atoms with Gasteiger partial charge in [-0.25, -0.2) is 0 Å². The number of rotatable bonds is 4. The average molecular weight is 496 g/mol. The van der Waals surface area contributed by atoms with Gasteiger partial charge in [-0.05, 0) is 29.2 Å². The number of halogens is 2. The average Bonchev–Trinajstić information content (AvgIpc) is 3.36. The molecule has 0 saturated carbocycles. The second-order valence-electron chi connectivity index (χ2n) is 8.92. The van der Waals surface area contributed by atoms with E-state index in [4.69, 9.17) is 27.7 Å². The minimum atomic E-state index is -1.23. The largest absolute Gasteiger partial charge is 0.360 e. The van der Waals surface area contributed by atoms with Gasteiger partial charge in [-0.2, -0.15) is 0 Å². The van der Waals surface area contributed by atoms with Gasteiger partial charge in [0, 0.05) is 19.0 Å². The van der Waals surface area contributed by atoms with Crippen LogP contribution in [0.1, 0.15) is 34.4 Å². The van der Waals surface area contributed by atoms with Crippen molar-refractivity contribution in [3.8, 4) is 0 Å². The monoisotopic (exact) mass is 495 g/mol. The lowest BCUT2D eigenvalue weighted by Gasteiger charge is -2.54. The Kier molecular flexibility index (Phi) is 4.51. The van der Waals surface area contributed by atoms with Gasteiger partial charge in [-0.1, -0.05) is 53.7 Å². The number of alkyl halides is 2. The summed E-state index contributed by atoms with van der Waals surface area (Å²) < 4.78 is 4.94. The molecule has 1 N–H and O–H groups in total. The standard InChI is InChI=1S/C25H19Cl2N3O4/c1-13-12-18(29-34-13)28-19(31)10-11-30-22(32)20-21(23(30)33)25(27)15-7-3-2-6-14(15)24(20,26)16-8-4-5-9-17(16)25/h2-9,12,20-21H,10-11H2,1H3,(H,28,29,31)/t20-,21-,24?,25?/m1/s1. The van der Waals surface area contributed by atoms with Crippen molar-refractivity contribution in [3.63, 3.8) is 0 Å². The second kappa shape index (κ2) is 7.17. The van der Waals surface area contributed by atoms with Crippen LogP contribution in [-0.4, -0.2) is 34.3 Å². The van der Waals surface area contributed by atoms with Crippen LogP contribution < -0.4 is 5.32 Å². The van der Waals surface area contributed by atoms with Gasteiger partial charge in [0.05, 0.1) is 11.8 Å². The number of carbonyl (C=O) groups is 3. The van der Waals surface area contributed by atoms with Gasteiger partial charge in [0.2, 0.25) is 17.7 Å². The molecule has 3 amide bonds. The molecule has 9 heteroatoms. The molecule has 1 aromatic heterocycles. The van der Waals surface area contributed by atoms with Gasteiger partial charge in [0.15, 0.2) is 5.82 Å². The maximum atomic E-state index is 13.7. The van der Waals surface area contributed by atoms with E-state index in [2.05, 4.69) is 10.5 Å². The zero-order chi connectivity index (χ0) is 23.8. The van der Waals surface area contributed by atoms with Crippen LogP contribution in [0.3, 0.4) is 0 Å². The first kappa shape index (κ1) is 21.4. The molecule has 1 fully saturated rings. The van der Waals surface area contributed by atoms with Crippen molar-refractivity contribution in [3.05, 3.63) is 82.6 Å². The van der Waals surface area contributed by atoms with Crippen LogP contribution in [-0.2, 0) is 24.1 Å². The van der Waals surface area contributed by atoms with Gasteiger partial charge in [-0.3, -0.25) is 19.3 Å². The maximum absolute atomic E-state index is 13.7. The zero-order valence-corrected chi connectivity index (χ0v) is 19.6. The predicted molar refractivity (Wildman–Crippen MR) is 124 cm³/mol. The Labute approximate surface area is 205 Å². The molecule has 4 aliphatic rings. The van der Waals surface area contributed by atoms with Crippen LogP contribution in [0.2, 0.25) is 0 Å². The van der Waals surface area contributed by atoms with Crippen LogP contribution in [0.15, 0.2) is 59.1 Å². The molecule has 1 saturated heterocycles. The first-order valence-corrected chi connectivity index (χ1v) is 11.7. The Hall–Kier alpha value is -3.16. The molecule has 1 aliphatic heterocycles. The summed E-state index contributed by atoms with van der Waals surface area (Å²) in [7, 11) is 0. The van der Waals surface area contributed by atoms with Gasteiger partial charge < -0.3 is 9.84 Å². The summed E-state index contributed by atoms with van der Waals surface area (Å²) >= 11 is 14.7. The molecule has 2 heterocycles. The van der Waals surface area contributed by atoms with Crippen LogP contribution in [0.25, 0.3) is 0 Å². The molecular formula is C25H19Cl2N3O4. The summed E-state index contributed by atoms with van der Waals surface area (Å²) in [6.45, 7) is 1.63. The third-order valence-electron chi connectivity index (χ3n) is 7.13. The predicted octanol–water partition coefficient (Wildman–Crippen LogP) is 3.90. The van der Waals surface area contributed by atoms with Gasteiger partial charge in [-0.15, -0.1) is 23.2 Å². The van der Waals surface area contributed by atoms with Crippen molar-refractivity contribution in [2.24, 2.45) is 11.8 Å². The van der Waals surface area contributed by atoms with E-state index in [9.17, 15) is 14.4 Å². The molecule has 3 aromatic rings. The normalized spacial score (nSPS) is 28.5. The van der Waals surface area contributed by atoms with E-state index >= 15 is 0 Å². The summed E-state index contributed by atoms with van der Waals surface area (Å²) in [5.41, 5.74) is 2.98. The molecule has 2 atom stereocenters. The number of hydrogen-bond acceptors (Lipinski definition) is 5. The van der Waals surface area contributed by atoms with Crippen LogP contribution in [0.4, 0.5) is 5.82 Å². The smallest absolute Gasteiger partial charge is 0.235 e. The van der Waals surface area contributed by atoms with Crippen LogP contribution in [0, 0.1) is 18.8 Å². The van der Waals surface area contributed by atoms with Crippen LogP contribution >= 0.6 is 23.2 Å². The summed E-state index contributed by atoms with van der Waals surface area (Å²) in [5.74, 6) is -2.12.